The lowest BCUT2D eigenvalue weighted by Crippen LogP contribution is -2.54. The van der Waals surface area contributed by atoms with E-state index < -0.39 is 17.5 Å². The highest BCUT2D eigenvalue weighted by Gasteiger charge is 2.48. The van der Waals surface area contributed by atoms with Crippen molar-refractivity contribution >= 4 is 23.7 Å². The number of likely N-dealkylation sites (tertiary alicyclic amines) is 1. The number of methoxy groups -OCH3 is 1. The summed E-state index contributed by atoms with van der Waals surface area (Å²) in [7, 11) is 1.52. The van der Waals surface area contributed by atoms with Gasteiger partial charge in [0, 0.05) is 36.3 Å². The fraction of sp³-hybridized carbons (Fsp3) is 0.280. The fourth-order valence-corrected chi connectivity index (χ4v) is 4.32. The minimum absolute atomic E-state index is 0.109. The van der Waals surface area contributed by atoms with Crippen LogP contribution in [0.2, 0.25) is 0 Å². The highest BCUT2D eigenvalue weighted by atomic mass is 16.5. The summed E-state index contributed by atoms with van der Waals surface area (Å²) in [5.74, 6) is 6.03. The zero-order valence-corrected chi connectivity index (χ0v) is 19.0. The molecule has 4 amide bonds. The zero-order valence-electron chi connectivity index (χ0n) is 19.0. The average molecular weight is 473 g/mol. The lowest BCUT2D eigenvalue weighted by atomic mass is 9.98. The van der Waals surface area contributed by atoms with Crippen LogP contribution < -0.4 is 15.4 Å². The van der Waals surface area contributed by atoms with Crippen molar-refractivity contribution in [1.29, 1.82) is 0 Å². The highest BCUT2D eigenvalue weighted by molar-refractivity contribution is 6.10. The molecule has 0 bridgehead atoms. The molecule has 35 heavy (non-hydrogen) atoms. The number of imide groups is 1. The minimum Gasteiger partial charge on any atom is -0.497 e. The number of oxime groups is 1. The largest absolute Gasteiger partial charge is 0.497 e. The predicted molar refractivity (Wildman–Crippen MR) is 125 cm³/mol. The van der Waals surface area contributed by atoms with Crippen LogP contribution in [0.15, 0.2) is 47.6 Å². The topological polar surface area (TPSA) is 124 Å². The summed E-state index contributed by atoms with van der Waals surface area (Å²) in [5, 5.41) is 17.6. The smallest absolute Gasteiger partial charge is 0.323 e. The van der Waals surface area contributed by atoms with Gasteiger partial charge in [-0.25, -0.2) is 4.79 Å². The van der Waals surface area contributed by atoms with Gasteiger partial charge in [0.15, 0.2) is 5.84 Å². The maximum Gasteiger partial charge on any atom is 0.323 e. The van der Waals surface area contributed by atoms with Gasteiger partial charge in [-0.3, -0.25) is 14.9 Å². The summed E-state index contributed by atoms with van der Waals surface area (Å²) in [6.07, 6.45) is 1.05. The van der Waals surface area contributed by atoms with Crippen molar-refractivity contribution in [2.75, 3.05) is 26.7 Å². The number of carbonyl (C=O) groups excluding carboxylic acids is 3. The number of benzene rings is 2. The van der Waals surface area contributed by atoms with Gasteiger partial charge in [-0.2, -0.15) is 0 Å². The molecule has 10 nitrogen and oxygen atoms in total. The number of hydrogen-bond acceptors (Lipinski definition) is 6. The van der Waals surface area contributed by atoms with Crippen LogP contribution in [0, 0.1) is 11.8 Å². The van der Waals surface area contributed by atoms with E-state index in [0.717, 1.165) is 30.6 Å². The second-order valence-electron chi connectivity index (χ2n) is 8.59. The van der Waals surface area contributed by atoms with Crippen LogP contribution in [-0.4, -0.2) is 71.0 Å². The second kappa shape index (κ2) is 8.68. The summed E-state index contributed by atoms with van der Waals surface area (Å²) in [6, 6.07) is 11.6. The van der Waals surface area contributed by atoms with Crippen LogP contribution in [0.4, 0.5) is 4.79 Å². The summed E-state index contributed by atoms with van der Waals surface area (Å²) in [6.45, 7) is 1.86. The van der Waals surface area contributed by atoms with Crippen molar-refractivity contribution in [3.8, 4) is 17.6 Å². The summed E-state index contributed by atoms with van der Waals surface area (Å²) in [5.41, 5.74) is 1.06. The van der Waals surface area contributed by atoms with E-state index in [-0.39, 0.29) is 12.5 Å². The molecular formula is C25H23N5O5. The molecule has 3 aliphatic rings. The quantitative estimate of drug-likeness (QED) is 0.153. The van der Waals surface area contributed by atoms with Crippen LogP contribution in [0.1, 0.15) is 33.5 Å². The Morgan fingerprint density at radius 1 is 1.17 bits per heavy atom. The SMILES string of the molecule is COc1ccc2c(c1)C(=O)N(C[C@@]1(C#Cc3ccc(/C(=N/O)N4CCC4)cc3)NC(=O)NC1=O)C2. The molecule has 0 radical (unpaired) electrons. The molecule has 2 aromatic rings. The number of rotatable bonds is 4. The monoisotopic (exact) mass is 473 g/mol. The van der Waals surface area contributed by atoms with Crippen LogP contribution in [0.5, 0.6) is 5.75 Å². The van der Waals surface area contributed by atoms with Crippen LogP contribution in [-0.2, 0) is 11.3 Å². The van der Waals surface area contributed by atoms with Gasteiger partial charge in [-0.05, 0) is 48.4 Å². The standard InChI is InChI=1S/C25H23N5O5/c1-35-19-8-7-18-14-30(22(31)20(18)13-19)15-25(23(32)26-24(33)27-25)10-9-16-3-5-17(6-4-16)21(28-34)29-11-2-12-29/h3-8,13,34H,2,11-12,14-15H2,1H3,(H2,26,27,32,33)/b28-21-/t25-/m1/s1. The van der Waals surface area contributed by atoms with E-state index in [9.17, 15) is 19.6 Å². The Morgan fingerprint density at radius 2 is 1.94 bits per heavy atom. The van der Waals surface area contributed by atoms with Crippen molar-refractivity contribution in [2.24, 2.45) is 5.16 Å². The molecule has 0 aliphatic carbocycles. The van der Waals surface area contributed by atoms with Crippen LogP contribution >= 0.6 is 0 Å². The molecule has 3 heterocycles. The molecule has 2 saturated heterocycles. The molecule has 0 spiro atoms. The molecule has 5 rings (SSSR count). The molecule has 1 atom stereocenters. The van der Waals surface area contributed by atoms with Crippen molar-refractivity contribution in [2.45, 2.75) is 18.5 Å². The Bertz CT molecular complexity index is 1310. The molecular weight excluding hydrogens is 450 g/mol. The van der Waals surface area contributed by atoms with Crippen molar-refractivity contribution < 1.29 is 24.3 Å². The van der Waals surface area contributed by atoms with Gasteiger partial charge in [-0.1, -0.05) is 23.1 Å². The summed E-state index contributed by atoms with van der Waals surface area (Å²) >= 11 is 0. The fourth-order valence-electron chi connectivity index (χ4n) is 4.32. The lowest BCUT2D eigenvalue weighted by molar-refractivity contribution is -0.122. The maximum absolute atomic E-state index is 13.0. The Kier molecular flexibility index (Phi) is 5.53. The third-order valence-electron chi connectivity index (χ3n) is 6.38. The van der Waals surface area contributed by atoms with Crippen LogP contribution in [0.25, 0.3) is 0 Å². The Labute approximate surface area is 201 Å². The third kappa shape index (κ3) is 4.01. The van der Waals surface area contributed by atoms with Gasteiger partial charge in [0.05, 0.1) is 13.7 Å². The normalized spacial score (nSPS) is 21.1. The van der Waals surface area contributed by atoms with E-state index in [1.165, 1.54) is 12.0 Å². The molecule has 0 unspecified atom stereocenters. The van der Waals surface area contributed by atoms with Gasteiger partial charge < -0.3 is 25.1 Å². The van der Waals surface area contributed by atoms with E-state index in [2.05, 4.69) is 27.6 Å². The molecule has 2 fully saturated rings. The number of nitrogens with zero attached hydrogens (tertiary/aromatic N) is 3. The molecule has 0 saturated carbocycles. The number of amidine groups is 1. The molecule has 10 heteroatoms. The summed E-state index contributed by atoms with van der Waals surface area (Å²) < 4.78 is 5.21. The molecule has 178 valence electrons. The second-order valence-corrected chi connectivity index (χ2v) is 8.59. The van der Waals surface area contributed by atoms with E-state index in [4.69, 9.17) is 4.74 Å². The van der Waals surface area contributed by atoms with Gasteiger partial charge in [0.1, 0.15) is 5.75 Å². The lowest BCUT2D eigenvalue weighted by Gasteiger charge is -2.33. The predicted octanol–water partition coefficient (Wildman–Crippen LogP) is 1.12. The van der Waals surface area contributed by atoms with E-state index in [0.29, 0.717) is 29.3 Å². The third-order valence-corrected chi connectivity index (χ3v) is 6.38. The van der Waals surface area contributed by atoms with Crippen molar-refractivity contribution in [3.63, 3.8) is 0 Å². The average Bonchev–Trinajstić information content (AvgIpc) is 3.29. The first kappa shape index (κ1) is 22.3. The molecule has 3 aliphatic heterocycles. The van der Waals surface area contributed by atoms with Gasteiger partial charge in [0.2, 0.25) is 5.54 Å². The van der Waals surface area contributed by atoms with Crippen molar-refractivity contribution in [1.82, 2.24) is 20.4 Å². The number of nitrogens with one attached hydrogen (secondary N) is 2. The van der Waals surface area contributed by atoms with E-state index in [1.54, 1.807) is 36.4 Å². The molecule has 3 N–H and O–H groups in total. The molecule has 2 aromatic carbocycles. The zero-order chi connectivity index (χ0) is 24.6. The van der Waals surface area contributed by atoms with E-state index in [1.807, 2.05) is 11.0 Å². The Morgan fingerprint density at radius 3 is 2.54 bits per heavy atom. The van der Waals surface area contributed by atoms with Crippen LogP contribution in [0.3, 0.4) is 0 Å². The van der Waals surface area contributed by atoms with Gasteiger partial charge in [-0.15, -0.1) is 0 Å². The number of fused-ring (bicyclic) bond motifs is 1. The van der Waals surface area contributed by atoms with Gasteiger partial charge in [0.25, 0.3) is 11.8 Å². The van der Waals surface area contributed by atoms with Crippen molar-refractivity contribution in [3.05, 3.63) is 64.7 Å². The van der Waals surface area contributed by atoms with E-state index >= 15 is 0 Å². The number of ether oxygens (including phenoxy) is 1. The van der Waals surface area contributed by atoms with Gasteiger partial charge >= 0.3 is 6.03 Å². The first-order chi connectivity index (χ1) is 16.9. The maximum atomic E-state index is 13.0. The molecule has 0 aromatic heterocycles. The number of hydrogen-bond donors (Lipinski definition) is 3. The highest BCUT2D eigenvalue weighted by Crippen LogP contribution is 2.28. The minimum atomic E-state index is -1.59. The summed E-state index contributed by atoms with van der Waals surface area (Å²) in [4.78, 5) is 41.3. The Hall–Kier alpha value is -4.52. The number of amides is 4. The Balaban J connectivity index is 1.39. The first-order valence-corrected chi connectivity index (χ1v) is 11.1. The first-order valence-electron chi connectivity index (χ1n) is 11.1. The number of urea groups is 1. The number of carbonyl (C=O) groups is 3.